The molecule has 2 saturated carbocycles. The Bertz CT molecular complexity index is 273. The summed E-state index contributed by atoms with van der Waals surface area (Å²) >= 11 is 5.96. The van der Waals surface area contributed by atoms with Gasteiger partial charge in [0.05, 0.1) is 0 Å². The normalized spacial score (nSPS) is 31.6. The minimum absolute atomic E-state index is 0.0882. The van der Waals surface area contributed by atoms with Gasteiger partial charge in [-0.15, -0.1) is 11.6 Å². The van der Waals surface area contributed by atoms with Crippen LogP contribution < -0.4 is 5.32 Å². The van der Waals surface area contributed by atoms with Gasteiger partial charge in [-0.1, -0.05) is 26.2 Å². The van der Waals surface area contributed by atoms with E-state index in [1.165, 1.54) is 32.1 Å². The average molecular weight is 258 g/mol. The molecule has 3 heteroatoms. The molecular weight excluding hydrogens is 234 g/mol. The lowest BCUT2D eigenvalue weighted by Crippen LogP contribution is -2.40. The predicted molar refractivity (Wildman–Crippen MR) is 71.1 cm³/mol. The van der Waals surface area contributed by atoms with Gasteiger partial charge in [-0.3, -0.25) is 4.79 Å². The second-order valence-corrected chi connectivity index (χ2v) is 6.39. The average Bonchev–Trinajstić information content (AvgIpc) is 2.95. The van der Waals surface area contributed by atoms with E-state index in [1.807, 2.05) is 0 Å². The van der Waals surface area contributed by atoms with Crippen molar-refractivity contribution in [3.8, 4) is 0 Å². The van der Waals surface area contributed by atoms with Gasteiger partial charge in [-0.2, -0.15) is 0 Å². The summed E-state index contributed by atoms with van der Waals surface area (Å²) in [5.41, 5.74) is -0.0882. The lowest BCUT2D eigenvalue weighted by atomic mass is 9.87. The number of rotatable bonds is 4. The maximum Gasteiger partial charge on any atom is 0.225 e. The zero-order valence-electron chi connectivity index (χ0n) is 10.8. The Balaban J connectivity index is 1.79. The standard InChI is InChI=1S/C14H24ClNO/c1-14(7-2-3-8-14)13(17)16-10-12-6-4-5-11(12)9-15/h11-12H,2-10H2,1H3,(H,16,17). The van der Waals surface area contributed by atoms with Gasteiger partial charge in [0.2, 0.25) is 5.91 Å². The van der Waals surface area contributed by atoms with Gasteiger partial charge in [-0.05, 0) is 37.5 Å². The maximum atomic E-state index is 12.2. The first-order chi connectivity index (χ1) is 8.15. The van der Waals surface area contributed by atoms with Gasteiger partial charge in [0.25, 0.3) is 0 Å². The van der Waals surface area contributed by atoms with Crippen LogP contribution in [0.15, 0.2) is 0 Å². The number of hydrogen-bond acceptors (Lipinski definition) is 1. The Hall–Kier alpha value is -0.240. The minimum Gasteiger partial charge on any atom is -0.355 e. The maximum absolute atomic E-state index is 12.2. The third kappa shape index (κ3) is 2.96. The van der Waals surface area contributed by atoms with Crippen molar-refractivity contribution in [1.82, 2.24) is 5.32 Å². The van der Waals surface area contributed by atoms with Crippen LogP contribution in [0.25, 0.3) is 0 Å². The largest absolute Gasteiger partial charge is 0.355 e. The molecule has 0 aromatic heterocycles. The number of nitrogens with one attached hydrogen (secondary N) is 1. The van der Waals surface area contributed by atoms with E-state index in [0.717, 1.165) is 25.3 Å². The van der Waals surface area contributed by atoms with Crippen LogP contribution in [-0.2, 0) is 4.79 Å². The van der Waals surface area contributed by atoms with Crippen molar-refractivity contribution in [1.29, 1.82) is 0 Å². The lowest BCUT2D eigenvalue weighted by molar-refractivity contribution is -0.130. The molecule has 0 aliphatic heterocycles. The number of carbonyl (C=O) groups is 1. The van der Waals surface area contributed by atoms with Crippen molar-refractivity contribution in [3.63, 3.8) is 0 Å². The Morgan fingerprint density at radius 2 is 1.88 bits per heavy atom. The van der Waals surface area contributed by atoms with E-state index in [9.17, 15) is 4.79 Å². The molecular formula is C14H24ClNO. The van der Waals surface area contributed by atoms with E-state index < -0.39 is 0 Å². The topological polar surface area (TPSA) is 29.1 Å². The van der Waals surface area contributed by atoms with E-state index in [1.54, 1.807) is 0 Å². The highest BCUT2D eigenvalue weighted by Gasteiger charge is 2.36. The second-order valence-electron chi connectivity index (χ2n) is 6.08. The summed E-state index contributed by atoms with van der Waals surface area (Å²) in [5, 5.41) is 3.17. The van der Waals surface area contributed by atoms with Gasteiger partial charge >= 0.3 is 0 Å². The van der Waals surface area contributed by atoms with Crippen molar-refractivity contribution in [2.24, 2.45) is 17.3 Å². The number of amides is 1. The fourth-order valence-corrected chi connectivity index (χ4v) is 3.81. The quantitative estimate of drug-likeness (QED) is 0.769. The highest BCUT2D eigenvalue weighted by molar-refractivity contribution is 6.18. The second kappa shape index (κ2) is 5.60. The number of hydrogen-bond donors (Lipinski definition) is 1. The molecule has 2 aliphatic carbocycles. The van der Waals surface area contributed by atoms with E-state index >= 15 is 0 Å². The van der Waals surface area contributed by atoms with E-state index in [-0.39, 0.29) is 11.3 Å². The first-order valence-electron chi connectivity index (χ1n) is 7.00. The van der Waals surface area contributed by atoms with Crippen molar-refractivity contribution in [2.45, 2.75) is 51.9 Å². The fourth-order valence-electron chi connectivity index (χ4n) is 3.41. The molecule has 0 bridgehead atoms. The first kappa shape index (κ1) is 13.2. The molecule has 0 aromatic carbocycles. The summed E-state index contributed by atoms with van der Waals surface area (Å²) < 4.78 is 0. The van der Waals surface area contributed by atoms with E-state index in [0.29, 0.717) is 11.8 Å². The van der Waals surface area contributed by atoms with Crippen LogP contribution >= 0.6 is 11.6 Å². The Labute approximate surface area is 109 Å². The summed E-state index contributed by atoms with van der Waals surface area (Å²) in [5.74, 6) is 2.25. The van der Waals surface area contributed by atoms with Crippen molar-refractivity contribution in [3.05, 3.63) is 0 Å². The fraction of sp³-hybridized carbons (Fsp3) is 0.929. The molecule has 98 valence electrons. The van der Waals surface area contributed by atoms with Crippen molar-refractivity contribution >= 4 is 17.5 Å². The minimum atomic E-state index is -0.0882. The number of alkyl halides is 1. The van der Waals surface area contributed by atoms with E-state index in [4.69, 9.17) is 11.6 Å². The highest BCUT2D eigenvalue weighted by Crippen LogP contribution is 2.38. The van der Waals surface area contributed by atoms with E-state index in [2.05, 4.69) is 12.2 Å². The molecule has 2 nitrogen and oxygen atoms in total. The molecule has 2 atom stereocenters. The number of halogens is 1. The van der Waals surface area contributed by atoms with Crippen LogP contribution in [0.2, 0.25) is 0 Å². The smallest absolute Gasteiger partial charge is 0.225 e. The van der Waals surface area contributed by atoms with Gasteiger partial charge in [-0.25, -0.2) is 0 Å². The molecule has 1 amide bonds. The summed E-state index contributed by atoms with van der Waals surface area (Å²) in [4.78, 5) is 12.2. The third-order valence-corrected chi connectivity index (χ3v) is 5.19. The van der Waals surface area contributed by atoms with Crippen molar-refractivity contribution < 1.29 is 4.79 Å². The zero-order valence-corrected chi connectivity index (χ0v) is 11.6. The molecule has 2 rings (SSSR count). The van der Waals surface area contributed by atoms with Crippen LogP contribution in [0.5, 0.6) is 0 Å². The molecule has 17 heavy (non-hydrogen) atoms. The molecule has 1 N–H and O–H groups in total. The van der Waals surface area contributed by atoms with Crippen molar-refractivity contribution in [2.75, 3.05) is 12.4 Å². The SMILES string of the molecule is CC1(C(=O)NCC2CCCC2CCl)CCCC1. The first-order valence-corrected chi connectivity index (χ1v) is 7.53. The Kier molecular flexibility index (Phi) is 4.35. The summed E-state index contributed by atoms with van der Waals surface area (Å²) in [6, 6.07) is 0. The summed E-state index contributed by atoms with van der Waals surface area (Å²) in [7, 11) is 0. The van der Waals surface area contributed by atoms with Crippen LogP contribution in [0.1, 0.15) is 51.9 Å². The summed E-state index contributed by atoms with van der Waals surface area (Å²) in [6.45, 7) is 2.95. The van der Waals surface area contributed by atoms with Gasteiger partial charge in [0.1, 0.15) is 0 Å². The highest BCUT2D eigenvalue weighted by atomic mass is 35.5. The molecule has 2 unspecified atom stereocenters. The van der Waals surface area contributed by atoms with Gasteiger partial charge in [0, 0.05) is 17.8 Å². The summed E-state index contributed by atoms with van der Waals surface area (Å²) in [6.07, 6.45) is 8.27. The molecule has 2 aliphatic rings. The van der Waals surface area contributed by atoms with Crippen LogP contribution in [0.4, 0.5) is 0 Å². The Morgan fingerprint density at radius 1 is 1.24 bits per heavy atom. The van der Waals surface area contributed by atoms with Crippen LogP contribution in [-0.4, -0.2) is 18.3 Å². The third-order valence-electron chi connectivity index (χ3n) is 4.79. The molecule has 0 spiro atoms. The Morgan fingerprint density at radius 3 is 2.53 bits per heavy atom. The van der Waals surface area contributed by atoms with Gasteiger partial charge in [0.15, 0.2) is 0 Å². The molecule has 0 saturated heterocycles. The lowest BCUT2D eigenvalue weighted by Gasteiger charge is -2.25. The predicted octanol–water partition coefficient (Wildman–Crippen LogP) is 3.34. The zero-order chi connectivity index (χ0) is 12.3. The molecule has 0 heterocycles. The monoisotopic (exact) mass is 257 g/mol. The number of carbonyl (C=O) groups excluding carboxylic acids is 1. The van der Waals surface area contributed by atoms with Gasteiger partial charge < -0.3 is 5.32 Å². The van der Waals surface area contributed by atoms with Crippen LogP contribution in [0, 0.1) is 17.3 Å². The van der Waals surface area contributed by atoms with Crippen LogP contribution in [0.3, 0.4) is 0 Å². The molecule has 2 fully saturated rings. The molecule has 0 aromatic rings. The molecule has 0 radical (unpaired) electrons.